The monoisotopic (exact) mass is 500 g/mol. The van der Waals surface area contributed by atoms with Crippen LogP contribution in [-0.2, 0) is 16.0 Å². The van der Waals surface area contributed by atoms with E-state index in [4.69, 9.17) is 25.2 Å². The molecule has 11 heteroatoms. The van der Waals surface area contributed by atoms with Gasteiger partial charge in [0.25, 0.3) is 0 Å². The van der Waals surface area contributed by atoms with Gasteiger partial charge in [-0.3, -0.25) is 0 Å². The zero-order valence-electron chi connectivity index (χ0n) is 21.0. The van der Waals surface area contributed by atoms with Crippen molar-refractivity contribution in [2.45, 2.75) is 19.7 Å². The Hall–Kier alpha value is -2.73. The van der Waals surface area contributed by atoms with Crippen LogP contribution in [0.4, 0.5) is 27.7 Å². The lowest BCUT2D eigenvalue weighted by atomic mass is 10.2. The van der Waals surface area contributed by atoms with Crippen LogP contribution in [-0.4, -0.2) is 94.9 Å². The summed E-state index contributed by atoms with van der Waals surface area (Å²) in [6, 6.07) is 8.34. The first-order valence-electron chi connectivity index (χ1n) is 13.0. The van der Waals surface area contributed by atoms with Gasteiger partial charge in [-0.15, -0.1) is 0 Å². The number of rotatable bonds is 7. The molecule has 2 aromatic rings. The third kappa shape index (κ3) is 5.34. The van der Waals surface area contributed by atoms with Gasteiger partial charge in [-0.2, -0.15) is 14.4 Å². The summed E-state index contributed by atoms with van der Waals surface area (Å²) in [6.45, 7) is 10.6. The van der Waals surface area contributed by atoms with Gasteiger partial charge in [-0.05, 0) is 24.6 Å². The Morgan fingerprint density at radius 3 is 2.36 bits per heavy atom. The van der Waals surface area contributed by atoms with E-state index >= 15 is 4.39 Å². The fourth-order valence-corrected chi connectivity index (χ4v) is 4.98. The highest BCUT2D eigenvalue weighted by Crippen LogP contribution is 2.31. The summed E-state index contributed by atoms with van der Waals surface area (Å²) < 4.78 is 27.6. The number of piperazine rings is 1. The molecule has 196 valence electrons. The Bertz CT molecular complexity index is 990. The van der Waals surface area contributed by atoms with E-state index in [1.54, 1.807) is 0 Å². The highest BCUT2D eigenvalue weighted by molar-refractivity contribution is 5.59. The number of ether oxygens (including phenoxy) is 2. The second-order valence-electron chi connectivity index (χ2n) is 9.24. The topological polar surface area (TPSA) is 95.3 Å². The molecule has 3 aliphatic rings. The summed E-state index contributed by atoms with van der Waals surface area (Å²) >= 11 is 0. The standard InChI is InChI=1S/C25H37FN8O2/c1-2-34(21-18-28-7-14-36-21)24-22(26)23(29-25(30-24)33-12-15-35-16-13-33)32-10-8-31(9-11-32)20-5-3-19(17-27)4-6-20/h3-6,21,28H,2,7-18,27H2,1H3. The van der Waals surface area contributed by atoms with Gasteiger partial charge in [0, 0.05) is 71.1 Å². The summed E-state index contributed by atoms with van der Waals surface area (Å²) in [5.74, 6) is 0.829. The first kappa shape index (κ1) is 24.9. The zero-order valence-corrected chi connectivity index (χ0v) is 21.0. The van der Waals surface area contributed by atoms with Gasteiger partial charge in [0.2, 0.25) is 11.8 Å². The molecule has 0 amide bonds. The predicted octanol–water partition coefficient (Wildman–Crippen LogP) is 1.01. The van der Waals surface area contributed by atoms with Crippen LogP contribution in [0.5, 0.6) is 0 Å². The van der Waals surface area contributed by atoms with Crippen molar-refractivity contribution in [1.82, 2.24) is 15.3 Å². The molecule has 3 fully saturated rings. The molecule has 4 heterocycles. The molecule has 1 aromatic heterocycles. The average molecular weight is 501 g/mol. The first-order valence-corrected chi connectivity index (χ1v) is 13.0. The first-order chi connectivity index (χ1) is 17.7. The molecule has 0 saturated carbocycles. The van der Waals surface area contributed by atoms with Crippen LogP contribution in [0.15, 0.2) is 24.3 Å². The molecule has 0 bridgehead atoms. The number of morpholine rings is 2. The number of nitrogens with zero attached hydrogens (tertiary/aromatic N) is 6. The number of nitrogens with two attached hydrogens (primary N) is 1. The molecule has 1 aromatic carbocycles. The lowest BCUT2D eigenvalue weighted by Gasteiger charge is -2.39. The molecule has 0 radical (unpaired) electrons. The van der Waals surface area contributed by atoms with Crippen LogP contribution in [0, 0.1) is 5.82 Å². The largest absolute Gasteiger partial charge is 0.378 e. The third-order valence-corrected chi connectivity index (χ3v) is 7.08. The number of anilines is 4. The van der Waals surface area contributed by atoms with Gasteiger partial charge < -0.3 is 40.1 Å². The van der Waals surface area contributed by atoms with Gasteiger partial charge in [0.05, 0.1) is 19.8 Å². The molecule has 36 heavy (non-hydrogen) atoms. The van der Waals surface area contributed by atoms with Crippen molar-refractivity contribution in [2.24, 2.45) is 5.73 Å². The highest BCUT2D eigenvalue weighted by atomic mass is 19.1. The Labute approximate surface area is 212 Å². The number of hydrogen-bond acceptors (Lipinski definition) is 10. The zero-order chi connectivity index (χ0) is 24.9. The summed E-state index contributed by atoms with van der Waals surface area (Å²) in [5, 5.41) is 3.34. The molecular weight excluding hydrogens is 463 g/mol. The van der Waals surface area contributed by atoms with Crippen molar-refractivity contribution in [3.05, 3.63) is 35.6 Å². The summed E-state index contributed by atoms with van der Waals surface area (Å²) in [6.07, 6.45) is -0.271. The molecular formula is C25H37FN8O2. The molecule has 1 atom stereocenters. The quantitative estimate of drug-likeness (QED) is 0.574. The van der Waals surface area contributed by atoms with Crippen molar-refractivity contribution in [3.63, 3.8) is 0 Å². The lowest BCUT2D eigenvalue weighted by Crippen LogP contribution is -2.50. The van der Waals surface area contributed by atoms with Crippen LogP contribution in [0.3, 0.4) is 0 Å². The smallest absolute Gasteiger partial charge is 0.229 e. The van der Waals surface area contributed by atoms with Crippen molar-refractivity contribution in [1.29, 1.82) is 0 Å². The molecule has 0 spiro atoms. The van der Waals surface area contributed by atoms with Gasteiger partial charge in [0.1, 0.15) is 6.23 Å². The maximum Gasteiger partial charge on any atom is 0.229 e. The normalized spacial score (nSPS) is 21.1. The van der Waals surface area contributed by atoms with Crippen LogP contribution >= 0.6 is 0 Å². The maximum absolute atomic E-state index is 16.1. The summed E-state index contributed by atoms with van der Waals surface area (Å²) in [7, 11) is 0. The molecule has 3 N–H and O–H groups in total. The van der Waals surface area contributed by atoms with E-state index in [1.807, 2.05) is 16.7 Å². The Morgan fingerprint density at radius 2 is 1.72 bits per heavy atom. The number of aromatic nitrogens is 2. The van der Waals surface area contributed by atoms with E-state index in [2.05, 4.69) is 39.4 Å². The van der Waals surface area contributed by atoms with Gasteiger partial charge in [-0.25, -0.2) is 0 Å². The molecule has 1 unspecified atom stereocenters. The van der Waals surface area contributed by atoms with Crippen molar-refractivity contribution in [3.8, 4) is 0 Å². The van der Waals surface area contributed by atoms with Gasteiger partial charge >= 0.3 is 0 Å². The molecule has 5 rings (SSSR count). The Kier molecular flexibility index (Phi) is 8.00. The molecule has 3 aliphatic heterocycles. The van der Waals surface area contributed by atoms with Crippen molar-refractivity contribution >= 4 is 23.3 Å². The lowest BCUT2D eigenvalue weighted by molar-refractivity contribution is 0.0264. The minimum Gasteiger partial charge on any atom is -0.378 e. The number of halogens is 1. The average Bonchev–Trinajstić information content (AvgIpc) is 2.95. The number of benzene rings is 1. The molecule has 0 aliphatic carbocycles. The SMILES string of the molecule is CCN(c1nc(N2CCOCC2)nc(N2CCN(c3ccc(CN)cc3)CC2)c1F)C1CNCCO1. The number of hydrogen-bond donors (Lipinski definition) is 2. The van der Waals surface area contributed by atoms with Crippen LogP contribution in [0.25, 0.3) is 0 Å². The van der Waals surface area contributed by atoms with E-state index < -0.39 is 0 Å². The van der Waals surface area contributed by atoms with E-state index in [-0.39, 0.29) is 12.0 Å². The number of likely N-dealkylation sites (N-methyl/N-ethyl adjacent to an activating group) is 1. The van der Waals surface area contributed by atoms with Crippen LogP contribution < -0.4 is 30.7 Å². The van der Waals surface area contributed by atoms with Crippen molar-refractivity contribution < 1.29 is 13.9 Å². The number of nitrogens with one attached hydrogen (secondary N) is 1. The fourth-order valence-electron chi connectivity index (χ4n) is 4.98. The van der Waals surface area contributed by atoms with E-state index in [1.165, 1.54) is 0 Å². The fraction of sp³-hybridized carbons (Fsp3) is 0.600. The molecule has 3 saturated heterocycles. The second-order valence-corrected chi connectivity index (χ2v) is 9.24. The minimum absolute atomic E-state index is 0.271. The minimum atomic E-state index is -0.385. The van der Waals surface area contributed by atoms with E-state index in [0.29, 0.717) is 83.2 Å². The highest BCUT2D eigenvalue weighted by Gasteiger charge is 2.31. The molecule has 10 nitrogen and oxygen atoms in total. The Morgan fingerprint density at radius 1 is 1.00 bits per heavy atom. The second kappa shape index (κ2) is 11.5. The van der Waals surface area contributed by atoms with E-state index in [9.17, 15) is 0 Å². The van der Waals surface area contributed by atoms with Gasteiger partial charge in [0.15, 0.2) is 11.6 Å². The van der Waals surface area contributed by atoms with E-state index in [0.717, 1.165) is 30.9 Å². The predicted molar refractivity (Wildman–Crippen MR) is 139 cm³/mol. The summed E-state index contributed by atoms with van der Waals surface area (Å²) in [4.78, 5) is 17.8. The van der Waals surface area contributed by atoms with Gasteiger partial charge in [-0.1, -0.05) is 12.1 Å². The maximum atomic E-state index is 16.1. The van der Waals surface area contributed by atoms with Crippen LogP contribution in [0.1, 0.15) is 12.5 Å². The summed E-state index contributed by atoms with van der Waals surface area (Å²) in [5.41, 5.74) is 8.01. The Balaban J connectivity index is 1.41. The van der Waals surface area contributed by atoms with Crippen molar-refractivity contribution in [2.75, 3.05) is 98.3 Å². The third-order valence-electron chi connectivity index (χ3n) is 7.08. The van der Waals surface area contributed by atoms with Crippen LogP contribution in [0.2, 0.25) is 0 Å².